The molecule has 1 N–H and O–H groups in total. The Bertz CT molecular complexity index is 307. The van der Waals surface area contributed by atoms with Gasteiger partial charge < -0.3 is 9.73 Å². The Labute approximate surface area is 82.9 Å². The minimum Gasteiger partial charge on any atom is -0.426 e. The first-order valence-corrected chi connectivity index (χ1v) is 4.66. The molecule has 78 valence electrons. The summed E-state index contributed by atoms with van der Waals surface area (Å²) in [6.45, 7) is 5.99. The summed E-state index contributed by atoms with van der Waals surface area (Å²) in [5, 5.41) is 10.3. The third-order valence-electron chi connectivity index (χ3n) is 1.73. The molecule has 1 heterocycles. The van der Waals surface area contributed by atoms with Crippen molar-refractivity contribution in [3.8, 4) is 0 Å². The zero-order chi connectivity index (χ0) is 10.6. The molecule has 0 atom stereocenters. The van der Waals surface area contributed by atoms with Gasteiger partial charge in [-0.05, 0) is 0 Å². The zero-order valence-corrected chi connectivity index (χ0v) is 8.70. The maximum Gasteiger partial charge on any atom is 0.222 e. The molecule has 14 heavy (non-hydrogen) atoms. The summed E-state index contributed by atoms with van der Waals surface area (Å²) in [6, 6.07) is 0. The van der Waals surface area contributed by atoms with Crippen LogP contribution in [0, 0.1) is 12.8 Å². The van der Waals surface area contributed by atoms with Crippen LogP contribution in [0.2, 0.25) is 0 Å². The number of rotatable bonds is 4. The molecule has 1 amide bonds. The van der Waals surface area contributed by atoms with Gasteiger partial charge in [0.1, 0.15) is 0 Å². The van der Waals surface area contributed by atoms with Crippen LogP contribution in [0.15, 0.2) is 4.42 Å². The molecule has 0 unspecified atom stereocenters. The Morgan fingerprint density at radius 1 is 1.50 bits per heavy atom. The van der Waals surface area contributed by atoms with E-state index in [2.05, 4.69) is 15.5 Å². The number of carbonyl (C=O) groups excluding carboxylic acids is 1. The van der Waals surface area contributed by atoms with E-state index in [1.54, 1.807) is 6.92 Å². The standard InChI is InChI=1S/C9H15N3O2/c1-6(2)9(13)10-5-4-8-12-11-7(3)14-8/h6H,4-5H2,1-3H3,(H,10,13). The van der Waals surface area contributed by atoms with Crippen molar-refractivity contribution in [1.82, 2.24) is 15.5 Å². The molecule has 5 heteroatoms. The van der Waals surface area contributed by atoms with Crippen molar-refractivity contribution in [2.24, 2.45) is 5.92 Å². The van der Waals surface area contributed by atoms with Crippen LogP contribution in [0.1, 0.15) is 25.6 Å². The lowest BCUT2D eigenvalue weighted by Crippen LogP contribution is -2.29. The van der Waals surface area contributed by atoms with Gasteiger partial charge in [0.15, 0.2) is 0 Å². The number of nitrogens with zero attached hydrogens (tertiary/aromatic N) is 2. The third-order valence-corrected chi connectivity index (χ3v) is 1.73. The van der Waals surface area contributed by atoms with Crippen molar-refractivity contribution in [1.29, 1.82) is 0 Å². The molecule has 0 fully saturated rings. The van der Waals surface area contributed by atoms with Gasteiger partial charge in [0.2, 0.25) is 17.7 Å². The van der Waals surface area contributed by atoms with Crippen LogP contribution in [0.3, 0.4) is 0 Å². The van der Waals surface area contributed by atoms with Gasteiger partial charge in [-0.15, -0.1) is 10.2 Å². The monoisotopic (exact) mass is 197 g/mol. The van der Waals surface area contributed by atoms with Crippen LogP contribution in [0.5, 0.6) is 0 Å². The molecular formula is C9H15N3O2. The molecule has 1 rings (SSSR count). The first-order valence-electron chi connectivity index (χ1n) is 4.66. The first kappa shape index (κ1) is 10.7. The van der Waals surface area contributed by atoms with Crippen molar-refractivity contribution in [2.75, 3.05) is 6.54 Å². The SMILES string of the molecule is Cc1nnc(CCNC(=O)C(C)C)o1. The molecule has 0 aromatic carbocycles. The fraction of sp³-hybridized carbons (Fsp3) is 0.667. The van der Waals surface area contributed by atoms with E-state index < -0.39 is 0 Å². The Kier molecular flexibility index (Phi) is 3.62. The molecule has 0 aliphatic rings. The molecule has 1 aromatic heterocycles. The van der Waals surface area contributed by atoms with Gasteiger partial charge in [0, 0.05) is 25.8 Å². The maximum absolute atomic E-state index is 11.2. The van der Waals surface area contributed by atoms with Crippen LogP contribution in [-0.2, 0) is 11.2 Å². The predicted octanol–water partition coefficient (Wildman–Crippen LogP) is 0.693. The lowest BCUT2D eigenvalue weighted by molar-refractivity contribution is -0.123. The number of aromatic nitrogens is 2. The number of nitrogens with one attached hydrogen (secondary N) is 1. The van der Waals surface area contributed by atoms with Crippen molar-refractivity contribution in [3.63, 3.8) is 0 Å². The van der Waals surface area contributed by atoms with E-state index in [1.807, 2.05) is 13.8 Å². The fourth-order valence-corrected chi connectivity index (χ4v) is 0.935. The number of hydrogen-bond donors (Lipinski definition) is 1. The predicted molar refractivity (Wildman–Crippen MR) is 50.6 cm³/mol. The summed E-state index contributed by atoms with van der Waals surface area (Å²) in [5.41, 5.74) is 0. The van der Waals surface area contributed by atoms with Crippen molar-refractivity contribution < 1.29 is 9.21 Å². The van der Waals surface area contributed by atoms with E-state index >= 15 is 0 Å². The molecule has 0 radical (unpaired) electrons. The Morgan fingerprint density at radius 2 is 2.21 bits per heavy atom. The lowest BCUT2D eigenvalue weighted by Gasteiger charge is -2.05. The average Bonchev–Trinajstić information content (AvgIpc) is 2.51. The summed E-state index contributed by atoms with van der Waals surface area (Å²) in [4.78, 5) is 11.2. The number of aryl methyl sites for hydroxylation is 1. The average molecular weight is 197 g/mol. The van der Waals surface area contributed by atoms with E-state index in [1.165, 1.54) is 0 Å². The molecule has 0 aliphatic carbocycles. The molecular weight excluding hydrogens is 182 g/mol. The second-order valence-corrected chi connectivity index (χ2v) is 3.41. The van der Waals surface area contributed by atoms with Crippen LogP contribution in [0.25, 0.3) is 0 Å². The highest BCUT2D eigenvalue weighted by Crippen LogP contribution is 1.98. The topological polar surface area (TPSA) is 68.0 Å². The molecule has 0 aliphatic heterocycles. The van der Waals surface area contributed by atoms with Gasteiger partial charge in [-0.2, -0.15) is 0 Å². The summed E-state index contributed by atoms with van der Waals surface area (Å²) in [6.07, 6.45) is 0.583. The number of hydrogen-bond acceptors (Lipinski definition) is 4. The maximum atomic E-state index is 11.2. The number of amides is 1. The molecule has 0 saturated carbocycles. The summed E-state index contributed by atoms with van der Waals surface area (Å²) >= 11 is 0. The van der Waals surface area contributed by atoms with Crippen LogP contribution in [-0.4, -0.2) is 22.6 Å². The quantitative estimate of drug-likeness (QED) is 0.771. The van der Waals surface area contributed by atoms with Gasteiger partial charge >= 0.3 is 0 Å². The highest BCUT2D eigenvalue weighted by molar-refractivity contribution is 5.77. The molecule has 1 aromatic rings. The Morgan fingerprint density at radius 3 is 2.71 bits per heavy atom. The van der Waals surface area contributed by atoms with Gasteiger partial charge in [0.05, 0.1) is 0 Å². The highest BCUT2D eigenvalue weighted by atomic mass is 16.4. The summed E-state index contributed by atoms with van der Waals surface area (Å²) in [7, 11) is 0. The Hall–Kier alpha value is -1.39. The zero-order valence-electron chi connectivity index (χ0n) is 8.70. The van der Waals surface area contributed by atoms with Crippen molar-refractivity contribution in [3.05, 3.63) is 11.8 Å². The van der Waals surface area contributed by atoms with Gasteiger partial charge in [-0.25, -0.2) is 0 Å². The van der Waals surface area contributed by atoms with E-state index in [0.717, 1.165) is 0 Å². The van der Waals surface area contributed by atoms with E-state index in [0.29, 0.717) is 24.7 Å². The Balaban J connectivity index is 2.25. The van der Waals surface area contributed by atoms with Gasteiger partial charge in [-0.1, -0.05) is 13.8 Å². The van der Waals surface area contributed by atoms with Crippen molar-refractivity contribution in [2.45, 2.75) is 27.2 Å². The van der Waals surface area contributed by atoms with E-state index in [9.17, 15) is 4.79 Å². The summed E-state index contributed by atoms with van der Waals surface area (Å²) < 4.78 is 5.15. The van der Waals surface area contributed by atoms with Crippen LogP contribution < -0.4 is 5.32 Å². The second-order valence-electron chi connectivity index (χ2n) is 3.41. The van der Waals surface area contributed by atoms with E-state index in [-0.39, 0.29) is 11.8 Å². The second kappa shape index (κ2) is 4.74. The first-order chi connectivity index (χ1) is 6.59. The third kappa shape index (κ3) is 3.16. The molecule has 0 spiro atoms. The molecule has 0 bridgehead atoms. The number of carbonyl (C=O) groups is 1. The van der Waals surface area contributed by atoms with Crippen LogP contribution >= 0.6 is 0 Å². The minimum absolute atomic E-state index is 0.0134. The van der Waals surface area contributed by atoms with Crippen LogP contribution in [0.4, 0.5) is 0 Å². The van der Waals surface area contributed by atoms with Gasteiger partial charge in [-0.3, -0.25) is 4.79 Å². The molecule has 0 saturated heterocycles. The minimum atomic E-state index is 0.0134. The van der Waals surface area contributed by atoms with E-state index in [4.69, 9.17) is 4.42 Å². The van der Waals surface area contributed by atoms with Gasteiger partial charge in [0.25, 0.3) is 0 Å². The lowest BCUT2D eigenvalue weighted by atomic mass is 10.2. The van der Waals surface area contributed by atoms with Crippen molar-refractivity contribution >= 4 is 5.91 Å². The summed E-state index contributed by atoms with van der Waals surface area (Å²) in [5.74, 6) is 1.17. The fourth-order valence-electron chi connectivity index (χ4n) is 0.935. The smallest absolute Gasteiger partial charge is 0.222 e. The highest BCUT2D eigenvalue weighted by Gasteiger charge is 2.07. The molecule has 5 nitrogen and oxygen atoms in total. The normalized spacial score (nSPS) is 10.6. The largest absolute Gasteiger partial charge is 0.426 e.